The van der Waals surface area contributed by atoms with Gasteiger partial charge in [-0.15, -0.1) is 0 Å². The second-order valence-corrected chi connectivity index (χ2v) is 6.19. The Balaban J connectivity index is 1.62. The highest BCUT2D eigenvalue weighted by atomic mass is 16.5. The lowest BCUT2D eigenvalue weighted by Gasteiger charge is -2.37. The molecular weight excluding hydrogens is 238 g/mol. The van der Waals surface area contributed by atoms with Crippen LogP contribution in [-0.2, 0) is 4.74 Å². The summed E-state index contributed by atoms with van der Waals surface area (Å²) in [5.74, 6) is 1.69. The lowest BCUT2D eigenvalue weighted by molar-refractivity contribution is -0.120. The maximum absolute atomic E-state index is 5.95. The average Bonchev–Trinajstić information content (AvgIpc) is 2.44. The molecule has 1 aromatic rings. The molecule has 0 aromatic heterocycles. The van der Waals surface area contributed by atoms with Gasteiger partial charge in [0, 0.05) is 5.41 Å². The Labute approximate surface area is 115 Å². The quantitative estimate of drug-likeness (QED) is 0.903. The summed E-state index contributed by atoms with van der Waals surface area (Å²) in [5, 5.41) is 3.41. The van der Waals surface area contributed by atoms with Crippen LogP contribution < -0.4 is 10.1 Å². The van der Waals surface area contributed by atoms with Crippen molar-refractivity contribution in [2.24, 2.45) is 5.41 Å². The molecule has 3 rings (SSSR count). The minimum Gasteiger partial charge on any atom is -0.493 e. The van der Waals surface area contributed by atoms with E-state index in [1.165, 1.54) is 18.4 Å². The second kappa shape index (κ2) is 5.51. The number of ether oxygens (including phenoxy) is 2. The summed E-state index contributed by atoms with van der Waals surface area (Å²) in [6, 6.07) is 8.63. The van der Waals surface area contributed by atoms with Crippen LogP contribution in [0.5, 0.6) is 5.75 Å². The predicted molar refractivity (Wildman–Crippen MR) is 75.7 cm³/mol. The van der Waals surface area contributed by atoms with E-state index in [1.807, 2.05) is 0 Å². The number of rotatable bonds is 4. The fourth-order valence-corrected chi connectivity index (χ4v) is 2.80. The predicted octanol–water partition coefficient (Wildman–Crippen LogP) is 2.57. The third kappa shape index (κ3) is 3.10. The summed E-state index contributed by atoms with van der Waals surface area (Å²) in [4.78, 5) is 0. The van der Waals surface area contributed by atoms with Gasteiger partial charge in [0.25, 0.3) is 0 Å². The highest BCUT2D eigenvalue weighted by molar-refractivity contribution is 5.31. The van der Waals surface area contributed by atoms with E-state index in [2.05, 4.69) is 36.5 Å². The molecule has 0 unspecified atom stereocenters. The lowest BCUT2D eigenvalue weighted by Crippen LogP contribution is -2.44. The average molecular weight is 261 g/mol. The van der Waals surface area contributed by atoms with E-state index in [0.717, 1.165) is 38.7 Å². The Morgan fingerprint density at radius 2 is 2.11 bits per heavy atom. The van der Waals surface area contributed by atoms with E-state index in [4.69, 9.17) is 9.47 Å². The van der Waals surface area contributed by atoms with Crippen LogP contribution in [0, 0.1) is 5.41 Å². The van der Waals surface area contributed by atoms with E-state index < -0.39 is 0 Å². The third-order valence-electron chi connectivity index (χ3n) is 4.16. The van der Waals surface area contributed by atoms with E-state index in [1.54, 1.807) is 0 Å². The maximum Gasteiger partial charge on any atom is 0.119 e. The number of nitrogens with one attached hydrogen (secondary N) is 1. The van der Waals surface area contributed by atoms with Gasteiger partial charge in [0.15, 0.2) is 0 Å². The van der Waals surface area contributed by atoms with Gasteiger partial charge in [-0.2, -0.15) is 0 Å². The molecule has 2 fully saturated rings. The zero-order valence-electron chi connectivity index (χ0n) is 11.7. The molecule has 1 aromatic carbocycles. The number of hydrogen-bond donors (Lipinski definition) is 1. The monoisotopic (exact) mass is 261 g/mol. The number of benzene rings is 1. The van der Waals surface area contributed by atoms with E-state index in [0.29, 0.717) is 5.92 Å². The van der Waals surface area contributed by atoms with Crippen molar-refractivity contribution >= 4 is 0 Å². The van der Waals surface area contributed by atoms with Crippen LogP contribution in [0.1, 0.15) is 31.2 Å². The van der Waals surface area contributed by atoms with E-state index in [-0.39, 0.29) is 5.41 Å². The Kier molecular flexibility index (Phi) is 3.76. The van der Waals surface area contributed by atoms with Crippen LogP contribution >= 0.6 is 0 Å². The van der Waals surface area contributed by atoms with Crippen LogP contribution in [0.15, 0.2) is 24.3 Å². The molecular formula is C16H23NO2. The molecule has 1 N–H and O–H groups in total. The molecule has 3 nitrogen and oxygen atoms in total. The normalized spacial score (nSPS) is 22.8. The fourth-order valence-electron chi connectivity index (χ4n) is 2.80. The molecule has 2 heterocycles. The first kappa shape index (κ1) is 12.9. The molecule has 3 heteroatoms. The standard InChI is InChI=1S/C16H23NO2/c1-16(10-18-11-16)12-19-15-4-2-3-14(9-15)13-5-7-17-8-6-13/h2-4,9,13,17H,5-8,10-12H2,1H3. The molecule has 2 saturated heterocycles. The summed E-state index contributed by atoms with van der Waals surface area (Å²) in [6.45, 7) is 6.87. The van der Waals surface area contributed by atoms with Crippen LogP contribution in [0.25, 0.3) is 0 Å². The minimum atomic E-state index is 0.213. The number of hydrogen-bond acceptors (Lipinski definition) is 3. The first-order valence-electron chi connectivity index (χ1n) is 7.26. The summed E-state index contributed by atoms with van der Waals surface area (Å²) >= 11 is 0. The first-order valence-corrected chi connectivity index (χ1v) is 7.26. The molecule has 0 amide bonds. The highest BCUT2D eigenvalue weighted by Crippen LogP contribution is 2.30. The van der Waals surface area contributed by atoms with Gasteiger partial charge in [-0.3, -0.25) is 0 Å². The molecule has 0 bridgehead atoms. The summed E-state index contributed by atoms with van der Waals surface area (Å²) < 4.78 is 11.2. The van der Waals surface area contributed by atoms with Gasteiger partial charge in [-0.1, -0.05) is 19.1 Å². The van der Waals surface area contributed by atoms with Crippen molar-refractivity contribution in [2.75, 3.05) is 32.9 Å². The van der Waals surface area contributed by atoms with Crippen molar-refractivity contribution in [3.63, 3.8) is 0 Å². The van der Waals surface area contributed by atoms with Gasteiger partial charge in [-0.05, 0) is 49.5 Å². The summed E-state index contributed by atoms with van der Waals surface area (Å²) in [7, 11) is 0. The van der Waals surface area contributed by atoms with E-state index >= 15 is 0 Å². The summed E-state index contributed by atoms with van der Waals surface area (Å²) in [6.07, 6.45) is 2.46. The number of piperidine rings is 1. The molecule has 0 spiro atoms. The largest absolute Gasteiger partial charge is 0.493 e. The van der Waals surface area contributed by atoms with E-state index in [9.17, 15) is 0 Å². The molecule has 0 atom stereocenters. The van der Waals surface area contributed by atoms with Crippen molar-refractivity contribution in [3.8, 4) is 5.75 Å². The zero-order chi connectivity index (χ0) is 13.1. The topological polar surface area (TPSA) is 30.5 Å². The maximum atomic E-state index is 5.95. The van der Waals surface area contributed by atoms with Crippen molar-refractivity contribution in [1.29, 1.82) is 0 Å². The zero-order valence-corrected chi connectivity index (χ0v) is 11.7. The van der Waals surface area contributed by atoms with Gasteiger partial charge in [0.1, 0.15) is 5.75 Å². The van der Waals surface area contributed by atoms with Crippen molar-refractivity contribution in [2.45, 2.75) is 25.7 Å². The third-order valence-corrected chi connectivity index (χ3v) is 4.16. The molecule has 0 saturated carbocycles. The van der Waals surface area contributed by atoms with Crippen molar-refractivity contribution < 1.29 is 9.47 Å². The smallest absolute Gasteiger partial charge is 0.119 e. The van der Waals surface area contributed by atoms with Gasteiger partial charge in [-0.25, -0.2) is 0 Å². The van der Waals surface area contributed by atoms with Crippen molar-refractivity contribution in [1.82, 2.24) is 5.32 Å². The Hall–Kier alpha value is -1.06. The van der Waals surface area contributed by atoms with Gasteiger partial charge < -0.3 is 14.8 Å². The lowest BCUT2D eigenvalue weighted by atomic mass is 9.89. The molecule has 2 aliphatic rings. The second-order valence-electron chi connectivity index (χ2n) is 6.19. The van der Waals surface area contributed by atoms with Crippen LogP contribution in [-0.4, -0.2) is 32.9 Å². The van der Waals surface area contributed by atoms with Crippen LogP contribution in [0.2, 0.25) is 0 Å². The van der Waals surface area contributed by atoms with Crippen molar-refractivity contribution in [3.05, 3.63) is 29.8 Å². The van der Waals surface area contributed by atoms with Gasteiger partial charge >= 0.3 is 0 Å². The van der Waals surface area contributed by atoms with Gasteiger partial charge in [0.05, 0.1) is 19.8 Å². The minimum absolute atomic E-state index is 0.213. The molecule has 104 valence electrons. The highest BCUT2D eigenvalue weighted by Gasteiger charge is 2.34. The molecule has 19 heavy (non-hydrogen) atoms. The molecule has 0 radical (unpaired) electrons. The SMILES string of the molecule is CC1(COc2cccc(C3CCNCC3)c2)COC1. The molecule has 0 aliphatic carbocycles. The van der Waals surface area contributed by atoms with Crippen LogP contribution in [0.3, 0.4) is 0 Å². The fraction of sp³-hybridized carbons (Fsp3) is 0.625. The Morgan fingerprint density at radius 3 is 2.79 bits per heavy atom. The first-order chi connectivity index (χ1) is 9.25. The van der Waals surface area contributed by atoms with Crippen LogP contribution in [0.4, 0.5) is 0 Å². The summed E-state index contributed by atoms with van der Waals surface area (Å²) in [5.41, 5.74) is 1.64. The Bertz CT molecular complexity index is 423. The Morgan fingerprint density at radius 1 is 1.32 bits per heavy atom. The molecule has 2 aliphatic heterocycles. The van der Waals surface area contributed by atoms with Gasteiger partial charge in [0.2, 0.25) is 0 Å².